The second-order valence-electron chi connectivity index (χ2n) is 4.59. The predicted octanol–water partition coefficient (Wildman–Crippen LogP) is 2.74. The van der Waals surface area contributed by atoms with Crippen LogP contribution >= 0.6 is 0 Å². The van der Waals surface area contributed by atoms with E-state index in [1.807, 2.05) is 42.5 Å². The van der Waals surface area contributed by atoms with Gasteiger partial charge in [0.25, 0.3) is 0 Å². The first kappa shape index (κ1) is 12.6. The summed E-state index contributed by atoms with van der Waals surface area (Å²) < 4.78 is 0. The molecule has 20 heavy (non-hydrogen) atoms. The Bertz CT molecular complexity index is 697. The molecule has 2 aromatic carbocycles. The molecule has 0 saturated heterocycles. The number of anilines is 1. The molecular weight excluding hydrogens is 248 g/mol. The van der Waals surface area contributed by atoms with Gasteiger partial charge in [-0.1, -0.05) is 42.5 Å². The first-order chi connectivity index (χ1) is 9.86. The molecule has 4 heteroatoms. The van der Waals surface area contributed by atoms with E-state index in [9.17, 15) is 0 Å². The zero-order chi connectivity index (χ0) is 13.8. The number of hydrogen-bond donors (Lipinski definition) is 2. The normalized spacial score (nSPS) is 12.2. The lowest BCUT2D eigenvalue weighted by molar-refractivity contribution is 0.784. The van der Waals surface area contributed by atoms with Gasteiger partial charge in [0.15, 0.2) is 0 Å². The lowest BCUT2D eigenvalue weighted by Crippen LogP contribution is -2.21. The quantitative estimate of drug-likeness (QED) is 0.760. The van der Waals surface area contributed by atoms with Crippen molar-refractivity contribution in [2.75, 3.05) is 11.9 Å². The lowest BCUT2D eigenvalue weighted by atomic mass is 10.1. The third-order valence-corrected chi connectivity index (χ3v) is 3.21. The van der Waals surface area contributed by atoms with Gasteiger partial charge < -0.3 is 11.1 Å². The van der Waals surface area contributed by atoms with Gasteiger partial charge in [-0.05, 0) is 17.7 Å². The van der Waals surface area contributed by atoms with Crippen molar-refractivity contribution in [3.63, 3.8) is 0 Å². The van der Waals surface area contributed by atoms with Gasteiger partial charge in [0, 0.05) is 6.54 Å². The van der Waals surface area contributed by atoms with Crippen LogP contribution in [-0.4, -0.2) is 16.5 Å². The molecule has 1 heterocycles. The van der Waals surface area contributed by atoms with Gasteiger partial charge in [-0.3, -0.25) is 4.98 Å². The first-order valence-corrected chi connectivity index (χ1v) is 6.60. The fourth-order valence-electron chi connectivity index (χ4n) is 2.17. The van der Waals surface area contributed by atoms with Crippen LogP contribution in [0.2, 0.25) is 0 Å². The van der Waals surface area contributed by atoms with Gasteiger partial charge in [0.05, 0.1) is 23.3 Å². The van der Waals surface area contributed by atoms with Crippen LogP contribution in [0.25, 0.3) is 11.0 Å². The smallest absolute Gasteiger partial charge is 0.145 e. The molecule has 1 atom stereocenters. The number of aromatic nitrogens is 2. The van der Waals surface area contributed by atoms with Crippen LogP contribution in [0, 0.1) is 0 Å². The molecule has 0 radical (unpaired) electrons. The van der Waals surface area contributed by atoms with Crippen LogP contribution in [0.15, 0.2) is 60.8 Å². The maximum atomic E-state index is 5.85. The molecule has 4 nitrogen and oxygen atoms in total. The summed E-state index contributed by atoms with van der Waals surface area (Å²) >= 11 is 0. The predicted molar refractivity (Wildman–Crippen MR) is 81.4 cm³/mol. The van der Waals surface area contributed by atoms with E-state index < -0.39 is 0 Å². The zero-order valence-electron chi connectivity index (χ0n) is 11.0. The second-order valence-corrected chi connectivity index (χ2v) is 4.59. The number of hydrogen-bond acceptors (Lipinski definition) is 4. The second kappa shape index (κ2) is 5.67. The Labute approximate surface area is 117 Å². The Morgan fingerprint density at radius 2 is 1.65 bits per heavy atom. The van der Waals surface area contributed by atoms with E-state index in [2.05, 4.69) is 27.4 Å². The Balaban J connectivity index is 1.87. The zero-order valence-corrected chi connectivity index (χ0v) is 11.0. The number of fused-ring (bicyclic) bond motifs is 1. The highest BCUT2D eigenvalue weighted by atomic mass is 15.0. The minimum Gasteiger partial charge on any atom is -0.361 e. The highest BCUT2D eigenvalue weighted by Gasteiger charge is 2.10. The molecule has 3 N–H and O–H groups in total. The van der Waals surface area contributed by atoms with E-state index in [0.717, 1.165) is 22.4 Å². The summed E-state index contributed by atoms with van der Waals surface area (Å²) in [6.45, 7) is 0.499. The Kier molecular flexibility index (Phi) is 3.56. The first-order valence-electron chi connectivity index (χ1n) is 6.60. The SMILES string of the molecule is NCC(Nc1cnc2ccccc2n1)c1ccccc1. The average Bonchev–Trinajstić information content (AvgIpc) is 2.53. The van der Waals surface area contributed by atoms with Crippen LogP contribution < -0.4 is 11.1 Å². The highest BCUT2D eigenvalue weighted by molar-refractivity contribution is 5.75. The van der Waals surface area contributed by atoms with Crippen LogP contribution in [0.1, 0.15) is 11.6 Å². The molecule has 0 saturated carbocycles. The van der Waals surface area contributed by atoms with E-state index in [4.69, 9.17) is 5.73 Å². The number of nitrogens with one attached hydrogen (secondary N) is 1. The Hall–Kier alpha value is -2.46. The Morgan fingerprint density at radius 1 is 0.950 bits per heavy atom. The monoisotopic (exact) mass is 264 g/mol. The average molecular weight is 264 g/mol. The molecule has 0 aliphatic heterocycles. The molecular formula is C16H16N4. The maximum absolute atomic E-state index is 5.85. The van der Waals surface area contributed by atoms with Crippen LogP contribution in [0.3, 0.4) is 0 Å². The minimum absolute atomic E-state index is 0.0339. The highest BCUT2D eigenvalue weighted by Crippen LogP contribution is 2.18. The van der Waals surface area contributed by atoms with Gasteiger partial charge in [-0.2, -0.15) is 0 Å². The Morgan fingerprint density at radius 3 is 2.40 bits per heavy atom. The lowest BCUT2D eigenvalue weighted by Gasteiger charge is -2.17. The van der Waals surface area contributed by atoms with Crippen LogP contribution in [-0.2, 0) is 0 Å². The summed E-state index contributed by atoms with van der Waals surface area (Å²) in [5.41, 5.74) is 8.77. The molecule has 0 amide bonds. The molecule has 3 rings (SSSR count). The summed E-state index contributed by atoms with van der Waals surface area (Å²) in [4.78, 5) is 8.96. The van der Waals surface area contributed by atoms with Crippen molar-refractivity contribution < 1.29 is 0 Å². The van der Waals surface area contributed by atoms with Gasteiger partial charge in [-0.15, -0.1) is 0 Å². The molecule has 0 aliphatic carbocycles. The standard InChI is InChI=1S/C16H16N4/c17-10-15(12-6-2-1-3-7-12)20-16-11-18-13-8-4-5-9-14(13)19-16/h1-9,11,15H,10,17H2,(H,19,20). The molecule has 0 fully saturated rings. The van der Waals surface area contributed by atoms with Gasteiger partial charge in [-0.25, -0.2) is 4.98 Å². The number of rotatable bonds is 4. The van der Waals surface area contributed by atoms with Crippen molar-refractivity contribution >= 4 is 16.9 Å². The maximum Gasteiger partial charge on any atom is 0.145 e. The van der Waals surface area contributed by atoms with Crippen LogP contribution in [0.5, 0.6) is 0 Å². The van der Waals surface area contributed by atoms with E-state index in [1.54, 1.807) is 6.20 Å². The van der Waals surface area contributed by atoms with Gasteiger partial charge in [0.1, 0.15) is 5.82 Å². The van der Waals surface area contributed by atoms with Crippen LogP contribution in [0.4, 0.5) is 5.82 Å². The molecule has 0 aliphatic rings. The fraction of sp³-hybridized carbons (Fsp3) is 0.125. The molecule has 100 valence electrons. The third-order valence-electron chi connectivity index (χ3n) is 3.21. The fourth-order valence-corrected chi connectivity index (χ4v) is 2.17. The van der Waals surface area contributed by atoms with Crippen molar-refractivity contribution in [3.05, 3.63) is 66.4 Å². The van der Waals surface area contributed by atoms with E-state index in [-0.39, 0.29) is 6.04 Å². The number of nitrogens with two attached hydrogens (primary N) is 1. The summed E-state index contributed by atoms with van der Waals surface area (Å²) in [5, 5.41) is 3.34. The third kappa shape index (κ3) is 2.60. The van der Waals surface area contributed by atoms with Gasteiger partial charge >= 0.3 is 0 Å². The molecule has 1 aromatic heterocycles. The summed E-state index contributed by atoms with van der Waals surface area (Å²) in [7, 11) is 0. The molecule has 1 unspecified atom stereocenters. The summed E-state index contributed by atoms with van der Waals surface area (Å²) in [6, 6.07) is 18.0. The van der Waals surface area contributed by atoms with Crippen molar-refractivity contribution in [1.29, 1.82) is 0 Å². The van der Waals surface area contributed by atoms with Crippen molar-refractivity contribution in [2.45, 2.75) is 6.04 Å². The van der Waals surface area contributed by atoms with E-state index in [0.29, 0.717) is 6.54 Å². The topological polar surface area (TPSA) is 63.8 Å². The minimum atomic E-state index is 0.0339. The van der Waals surface area contributed by atoms with Gasteiger partial charge in [0.2, 0.25) is 0 Å². The van der Waals surface area contributed by atoms with Crippen molar-refractivity contribution in [3.8, 4) is 0 Å². The molecule has 3 aromatic rings. The van der Waals surface area contributed by atoms with E-state index >= 15 is 0 Å². The number of benzene rings is 2. The summed E-state index contributed by atoms with van der Waals surface area (Å²) in [5.74, 6) is 0.739. The largest absolute Gasteiger partial charge is 0.361 e. The van der Waals surface area contributed by atoms with E-state index in [1.165, 1.54) is 0 Å². The van der Waals surface area contributed by atoms with Crippen molar-refractivity contribution in [1.82, 2.24) is 9.97 Å². The summed E-state index contributed by atoms with van der Waals surface area (Å²) in [6.07, 6.45) is 1.74. The number of nitrogens with zero attached hydrogens (tertiary/aromatic N) is 2. The molecule has 0 bridgehead atoms. The number of para-hydroxylation sites is 2. The van der Waals surface area contributed by atoms with Crippen molar-refractivity contribution in [2.24, 2.45) is 5.73 Å². The molecule has 0 spiro atoms.